The summed E-state index contributed by atoms with van der Waals surface area (Å²) in [5.74, 6) is 0.443. The van der Waals surface area contributed by atoms with E-state index in [0.29, 0.717) is 12.5 Å². The zero-order valence-electron chi connectivity index (χ0n) is 15.0. The second kappa shape index (κ2) is 9.32. The van der Waals surface area contributed by atoms with Gasteiger partial charge in [0.2, 0.25) is 0 Å². The summed E-state index contributed by atoms with van der Waals surface area (Å²) < 4.78 is 0. The van der Waals surface area contributed by atoms with Gasteiger partial charge in [-0.15, -0.1) is 35.3 Å². The molecule has 27 heavy (non-hydrogen) atoms. The molecule has 1 aliphatic carbocycles. The van der Waals surface area contributed by atoms with Crippen molar-refractivity contribution in [1.29, 1.82) is 0 Å². The molecule has 0 unspecified atom stereocenters. The Labute approximate surface area is 181 Å². The van der Waals surface area contributed by atoms with Crippen LogP contribution in [0.1, 0.15) is 29.7 Å². The highest BCUT2D eigenvalue weighted by Crippen LogP contribution is 2.28. The summed E-state index contributed by atoms with van der Waals surface area (Å²) in [4.78, 5) is 9.13. The van der Waals surface area contributed by atoms with Crippen molar-refractivity contribution in [2.75, 3.05) is 5.32 Å². The van der Waals surface area contributed by atoms with E-state index in [9.17, 15) is 0 Å². The number of nitrogens with two attached hydrogens (primary N) is 1. The standard InChI is InChI=1S/C21H22N4S.HI/c22-21(25-19-12-6-10-15-7-4-5-11-18(15)19)23-13-17-14-26-20(24-17)16-8-2-1-3-9-16;/h1-3,6,8-10,12,14H,4-5,7,11,13H2,(H3,22,23,25);1H. The third-order valence-electron chi connectivity index (χ3n) is 4.64. The summed E-state index contributed by atoms with van der Waals surface area (Å²) in [6.07, 6.45) is 4.78. The number of thiazole rings is 1. The molecule has 4 nitrogen and oxygen atoms in total. The van der Waals surface area contributed by atoms with Gasteiger partial charge in [0.1, 0.15) is 5.01 Å². The van der Waals surface area contributed by atoms with Crippen LogP contribution in [0, 0.1) is 0 Å². The molecule has 2 aromatic carbocycles. The third-order valence-corrected chi connectivity index (χ3v) is 5.58. The van der Waals surface area contributed by atoms with Gasteiger partial charge >= 0.3 is 0 Å². The number of nitrogens with one attached hydrogen (secondary N) is 1. The number of guanidine groups is 1. The van der Waals surface area contributed by atoms with E-state index in [1.807, 2.05) is 23.6 Å². The van der Waals surface area contributed by atoms with E-state index >= 15 is 0 Å². The molecule has 1 aliphatic rings. The fraction of sp³-hybridized carbons (Fsp3) is 0.238. The van der Waals surface area contributed by atoms with E-state index in [1.165, 1.54) is 24.0 Å². The smallest absolute Gasteiger partial charge is 0.193 e. The van der Waals surface area contributed by atoms with Gasteiger partial charge in [-0.25, -0.2) is 9.98 Å². The molecule has 0 bridgehead atoms. The molecule has 6 heteroatoms. The van der Waals surface area contributed by atoms with Gasteiger partial charge in [0.25, 0.3) is 0 Å². The van der Waals surface area contributed by atoms with Gasteiger partial charge in [-0.05, 0) is 42.9 Å². The normalized spacial score (nSPS) is 13.6. The number of hydrogen-bond acceptors (Lipinski definition) is 3. The van der Waals surface area contributed by atoms with Crippen LogP contribution >= 0.6 is 35.3 Å². The van der Waals surface area contributed by atoms with Gasteiger partial charge in [-0.2, -0.15) is 0 Å². The van der Waals surface area contributed by atoms with Crippen LogP contribution in [0.3, 0.4) is 0 Å². The van der Waals surface area contributed by atoms with Gasteiger partial charge in [-0.3, -0.25) is 0 Å². The molecule has 3 N–H and O–H groups in total. The molecule has 0 atom stereocenters. The van der Waals surface area contributed by atoms with Crippen LogP contribution in [-0.4, -0.2) is 10.9 Å². The van der Waals surface area contributed by atoms with Gasteiger partial charge < -0.3 is 11.1 Å². The molecule has 0 fully saturated rings. The Bertz CT molecular complexity index is 921. The van der Waals surface area contributed by atoms with Crippen molar-refractivity contribution >= 4 is 47.0 Å². The van der Waals surface area contributed by atoms with Crippen LogP contribution in [-0.2, 0) is 19.4 Å². The van der Waals surface area contributed by atoms with Crippen molar-refractivity contribution in [3.05, 3.63) is 70.7 Å². The van der Waals surface area contributed by atoms with Crippen LogP contribution in [0.4, 0.5) is 5.69 Å². The molecule has 3 aromatic rings. The first-order valence-corrected chi connectivity index (χ1v) is 9.85. The molecule has 4 rings (SSSR count). The highest BCUT2D eigenvalue weighted by atomic mass is 127. The maximum absolute atomic E-state index is 6.12. The number of hydrogen-bond donors (Lipinski definition) is 2. The molecule has 0 spiro atoms. The molecular formula is C21H23IN4S. The molecule has 0 amide bonds. The summed E-state index contributed by atoms with van der Waals surface area (Å²) in [7, 11) is 0. The van der Waals surface area contributed by atoms with Crippen molar-refractivity contribution in [3.63, 3.8) is 0 Å². The molecule has 1 heterocycles. The van der Waals surface area contributed by atoms with E-state index in [2.05, 4.69) is 45.6 Å². The first kappa shape index (κ1) is 19.8. The van der Waals surface area contributed by atoms with Gasteiger partial charge in [0.15, 0.2) is 5.96 Å². The lowest BCUT2D eigenvalue weighted by Crippen LogP contribution is -2.24. The molecule has 0 radical (unpaired) electrons. The summed E-state index contributed by atoms with van der Waals surface area (Å²) in [5, 5.41) is 6.34. The molecule has 140 valence electrons. The number of anilines is 1. The largest absolute Gasteiger partial charge is 0.370 e. The predicted octanol–water partition coefficient (Wildman–Crippen LogP) is 5.23. The molecule has 0 saturated carbocycles. The van der Waals surface area contributed by atoms with Crippen molar-refractivity contribution in [2.24, 2.45) is 10.7 Å². The van der Waals surface area contributed by atoms with Gasteiger partial charge in [0, 0.05) is 16.6 Å². The Morgan fingerprint density at radius 3 is 2.74 bits per heavy atom. The SMILES string of the molecule is I.NC(=NCc1csc(-c2ccccc2)n1)Nc1cccc2c1CCCC2. The maximum Gasteiger partial charge on any atom is 0.193 e. The average Bonchev–Trinajstić information content (AvgIpc) is 3.17. The number of halogens is 1. The van der Waals surface area contributed by atoms with Crippen LogP contribution < -0.4 is 11.1 Å². The van der Waals surface area contributed by atoms with E-state index < -0.39 is 0 Å². The Morgan fingerprint density at radius 2 is 1.89 bits per heavy atom. The zero-order valence-corrected chi connectivity index (χ0v) is 18.2. The molecular weight excluding hydrogens is 467 g/mol. The Hall–Kier alpha value is -1.93. The first-order valence-electron chi connectivity index (χ1n) is 8.97. The van der Waals surface area contributed by atoms with Gasteiger partial charge in [-0.1, -0.05) is 42.5 Å². The van der Waals surface area contributed by atoms with Crippen molar-refractivity contribution in [3.8, 4) is 10.6 Å². The number of aryl methyl sites for hydroxylation is 1. The average molecular weight is 490 g/mol. The molecule has 0 aliphatic heterocycles. The quantitative estimate of drug-likeness (QED) is 0.299. The van der Waals surface area contributed by atoms with Crippen LogP contribution in [0.5, 0.6) is 0 Å². The Kier molecular flexibility index (Phi) is 6.84. The highest BCUT2D eigenvalue weighted by Gasteiger charge is 2.13. The van der Waals surface area contributed by atoms with Crippen molar-refractivity contribution in [2.45, 2.75) is 32.2 Å². The lowest BCUT2D eigenvalue weighted by atomic mass is 9.90. The number of fused-ring (bicyclic) bond motifs is 1. The van der Waals surface area contributed by atoms with Crippen LogP contribution in [0.25, 0.3) is 10.6 Å². The van der Waals surface area contributed by atoms with Crippen LogP contribution in [0.2, 0.25) is 0 Å². The second-order valence-corrected chi connectivity index (χ2v) is 7.34. The van der Waals surface area contributed by atoms with E-state index in [1.54, 1.807) is 11.3 Å². The fourth-order valence-corrected chi connectivity index (χ4v) is 4.15. The summed E-state index contributed by atoms with van der Waals surface area (Å²) in [6, 6.07) is 16.6. The van der Waals surface area contributed by atoms with Crippen molar-refractivity contribution in [1.82, 2.24) is 4.98 Å². The van der Waals surface area contributed by atoms with Gasteiger partial charge in [0.05, 0.1) is 12.2 Å². The number of aromatic nitrogens is 1. The number of benzene rings is 2. The number of rotatable bonds is 4. The third kappa shape index (κ3) is 4.87. The van der Waals surface area contributed by atoms with E-state index in [-0.39, 0.29) is 24.0 Å². The zero-order chi connectivity index (χ0) is 17.8. The molecule has 0 saturated heterocycles. The number of aliphatic imine (C=N–C) groups is 1. The second-order valence-electron chi connectivity index (χ2n) is 6.49. The summed E-state index contributed by atoms with van der Waals surface area (Å²) >= 11 is 1.64. The summed E-state index contributed by atoms with van der Waals surface area (Å²) in [5.41, 5.74) is 12.1. The monoisotopic (exact) mass is 490 g/mol. The number of nitrogens with zero attached hydrogens (tertiary/aromatic N) is 2. The topological polar surface area (TPSA) is 63.3 Å². The summed E-state index contributed by atoms with van der Waals surface area (Å²) in [6.45, 7) is 0.483. The lowest BCUT2D eigenvalue weighted by Gasteiger charge is -2.19. The minimum Gasteiger partial charge on any atom is -0.370 e. The minimum absolute atomic E-state index is 0. The van der Waals surface area contributed by atoms with E-state index in [4.69, 9.17) is 5.73 Å². The minimum atomic E-state index is 0. The predicted molar refractivity (Wildman–Crippen MR) is 125 cm³/mol. The van der Waals surface area contributed by atoms with Crippen LogP contribution in [0.15, 0.2) is 58.9 Å². The fourth-order valence-electron chi connectivity index (χ4n) is 3.34. The van der Waals surface area contributed by atoms with E-state index in [0.717, 1.165) is 34.8 Å². The maximum atomic E-state index is 6.12. The lowest BCUT2D eigenvalue weighted by molar-refractivity contribution is 0.687. The molecule has 1 aromatic heterocycles. The van der Waals surface area contributed by atoms with Crippen molar-refractivity contribution < 1.29 is 0 Å². The first-order chi connectivity index (χ1) is 12.8. The Morgan fingerprint density at radius 1 is 1.07 bits per heavy atom. The Balaban J connectivity index is 0.00000210. The highest BCUT2D eigenvalue weighted by molar-refractivity contribution is 14.0.